The zero-order valence-electron chi connectivity index (χ0n) is 12.3. The molecule has 0 spiro atoms. The molecular weight excluding hydrogens is 241 g/mol. The number of aromatic nitrogens is 2. The van der Waals surface area contributed by atoms with Crippen molar-refractivity contribution in [3.8, 4) is 0 Å². The maximum atomic E-state index is 13.5. The SMILES string of the molecule is CCNC(C)(C)c1nc2ccc(F)cc2n1C(C)C. The second kappa shape index (κ2) is 4.93. The van der Waals surface area contributed by atoms with E-state index in [0.717, 1.165) is 23.4 Å². The summed E-state index contributed by atoms with van der Waals surface area (Å²) in [6.45, 7) is 11.3. The van der Waals surface area contributed by atoms with Crippen molar-refractivity contribution in [3.05, 3.63) is 29.8 Å². The van der Waals surface area contributed by atoms with E-state index in [4.69, 9.17) is 4.98 Å². The highest BCUT2D eigenvalue weighted by Gasteiger charge is 2.27. The van der Waals surface area contributed by atoms with Crippen LogP contribution >= 0.6 is 0 Å². The van der Waals surface area contributed by atoms with Crippen LogP contribution in [0.4, 0.5) is 4.39 Å². The van der Waals surface area contributed by atoms with Crippen molar-refractivity contribution < 1.29 is 4.39 Å². The topological polar surface area (TPSA) is 29.9 Å². The van der Waals surface area contributed by atoms with E-state index < -0.39 is 0 Å². The van der Waals surface area contributed by atoms with Crippen LogP contribution in [0, 0.1) is 5.82 Å². The molecule has 0 bridgehead atoms. The largest absolute Gasteiger partial charge is 0.324 e. The van der Waals surface area contributed by atoms with Gasteiger partial charge in [0.05, 0.1) is 16.6 Å². The summed E-state index contributed by atoms with van der Waals surface area (Å²) < 4.78 is 15.6. The highest BCUT2D eigenvalue weighted by molar-refractivity contribution is 5.76. The van der Waals surface area contributed by atoms with Crippen molar-refractivity contribution in [2.24, 2.45) is 0 Å². The van der Waals surface area contributed by atoms with E-state index in [0.29, 0.717) is 0 Å². The third-order valence-corrected chi connectivity index (χ3v) is 3.35. The highest BCUT2D eigenvalue weighted by atomic mass is 19.1. The maximum absolute atomic E-state index is 13.5. The molecule has 104 valence electrons. The Labute approximate surface area is 113 Å². The molecule has 1 N–H and O–H groups in total. The molecule has 0 amide bonds. The molecule has 1 heterocycles. The van der Waals surface area contributed by atoms with Crippen LogP contribution in [0.3, 0.4) is 0 Å². The zero-order valence-corrected chi connectivity index (χ0v) is 12.3. The Morgan fingerprint density at radius 3 is 2.63 bits per heavy atom. The van der Waals surface area contributed by atoms with Crippen LogP contribution < -0.4 is 5.32 Å². The summed E-state index contributed by atoms with van der Waals surface area (Å²) in [6.07, 6.45) is 0. The Balaban J connectivity index is 2.70. The molecule has 0 aliphatic rings. The van der Waals surface area contributed by atoms with Gasteiger partial charge in [-0.25, -0.2) is 9.37 Å². The molecular formula is C15H22FN3. The van der Waals surface area contributed by atoms with E-state index in [1.165, 1.54) is 6.07 Å². The summed E-state index contributed by atoms with van der Waals surface area (Å²) >= 11 is 0. The Bertz CT molecular complexity index is 584. The summed E-state index contributed by atoms with van der Waals surface area (Å²) in [5.74, 6) is 0.729. The molecule has 1 aromatic heterocycles. The quantitative estimate of drug-likeness (QED) is 0.913. The van der Waals surface area contributed by atoms with Gasteiger partial charge in [0.25, 0.3) is 0 Å². The average Bonchev–Trinajstić information content (AvgIpc) is 2.68. The van der Waals surface area contributed by atoms with Crippen molar-refractivity contribution in [1.29, 1.82) is 0 Å². The molecule has 2 rings (SSSR count). The lowest BCUT2D eigenvalue weighted by Gasteiger charge is -2.27. The Kier molecular flexibility index (Phi) is 3.63. The number of nitrogens with zero attached hydrogens (tertiary/aromatic N) is 2. The molecule has 4 heteroatoms. The molecule has 0 radical (unpaired) electrons. The van der Waals surface area contributed by atoms with Gasteiger partial charge in [0.2, 0.25) is 0 Å². The second-order valence-electron chi connectivity index (χ2n) is 5.69. The van der Waals surface area contributed by atoms with Gasteiger partial charge in [-0.2, -0.15) is 0 Å². The van der Waals surface area contributed by atoms with Gasteiger partial charge < -0.3 is 9.88 Å². The number of imidazole rings is 1. The zero-order chi connectivity index (χ0) is 14.2. The molecule has 3 nitrogen and oxygen atoms in total. The summed E-state index contributed by atoms with van der Waals surface area (Å²) in [7, 11) is 0. The van der Waals surface area contributed by atoms with Gasteiger partial charge >= 0.3 is 0 Å². The van der Waals surface area contributed by atoms with E-state index in [1.807, 2.05) is 0 Å². The first-order valence-corrected chi connectivity index (χ1v) is 6.80. The van der Waals surface area contributed by atoms with E-state index in [2.05, 4.69) is 44.5 Å². The van der Waals surface area contributed by atoms with Gasteiger partial charge in [-0.05, 0) is 52.4 Å². The minimum Gasteiger partial charge on any atom is -0.324 e. The van der Waals surface area contributed by atoms with Crippen LogP contribution in [-0.2, 0) is 5.54 Å². The third-order valence-electron chi connectivity index (χ3n) is 3.35. The third kappa shape index (κ3) is 2.50. The monoisotopic (exact) mass is 263 g/mol. The van der Waals surface area contributed by atoms with Gasteiger partial charge in [-0.1, -0.05) is 6.92 Å². The van der Waals surface area contributed by atoms with Crippen LogP contribution in [-0.4, -0.2) is 16.1 Å². The van der Waals surface area contributed by atoms with Crippen molar-refractivity contribution in [2.75, 3.05) is 6.54 Å². The molecule has 2 aromatic rings. The van der Waals surface area contributed by atoms with E-state index in [1.54, 1.807) is 12.1 Å². The first-order chi connectivity index (χ1) is 8.86. The van der Waals surface area contributed by atoms with Gasteiger partial charge in [0.1, 0.15) is 11.6 Å². The molecule has 0 saturated carbocycles. The fourth-order valence-corrected chi connectivity index (χ4v) is 2.55. The van der Waals surface area contributed by atoms with Crippen molar-refractivity contribution in [2.45, 2.75) is 46.2 Å². The summed E-state index contributed by atoms with van der Waals surface area (Å²) in [4.78, 5) is 4.70. The number of hydrogen-bond acceptors (Lipinski definition) is 2. The lowest BCUT2D eigenvalue weighted by atomic mass is 10.0. The van der Waals surface area contributed by atoms with E-state index >= 15 is 0 Å². The van der Waals surface area contributed by atoms with Gasteiger partial charge in [0, 0.05) is 6.04 Å². The number of nitrogens with one attached hydrogen (secondary N) is 1. The number of hydrogen-bond donors (Lipinski definition) is 1. The Hall–Kier alpha value is -1.42. The maximum Gasteiger partial charge on any atom is 0.129 e. The fraction of sp³-hybridized carbons (Fsp3) is 0.533. The first kappa shape index (κ1) is 14.0. The Morgan fingerprint density at radius 2 is 2.05 bits per heavy atom. The molecule has 0 fully saturated rings. The molecule has 0 aliphatic carbocycles. The van der Waals surface area contributed by atoms with E-state index in [9.17, 15) is 4.39 Å². The van der Waals surface area contributed by atoms with Crippen LogP contribution in [0.15, 0.2) is 18.2 Å². The number of rotatable bonds is 4. The molecule has 0 unspecified atom stereocenters. The smallest absolute Gasteiger partial charge is 0.129 e. The minimum atomic E-state index is -0.242. The lowest BCUT2D eigenvalue weighted by Crippen LogP contribution is -2.39. The number of fused-ring (bicyclic) bond motifs is 1. The van der Waals surface area contributed by atoms with Crippen LogP contribution in [0.1, 0.15) is 46.5 Å². The van der Waals surface area contributed by atoms with Crippen LogP contribution in [0.5, 0.6) is 0 Å². The standard InChI is InChI=1S/C15H22FN3/c1-6-17-15(4,5)14-18-12-8-7-11(16)9-13(12)19(14)10(2)3/h7-10,17H,6H2,1-5H3. The van der Waals surface area contributed by atoms with Gasteiger partial charge in [-0.3, -0.25) is 0 Å². The van der Waals surface area contributed by atoms with E-state index in [-0.39, 0.29) is 17.4 Å². The predicted molar refractivity (Wildman–Crippen MR) is 76.8 cm³/mol. The van der Waals surface area contributed by atoms with Crippen molar-refractivity contribution in [1.82, 2.24) is 14.9 Å². The minimum absolute atomic E-state index is 0.220. The normalized spacial score (nSPS) is 12.6. The predicted octanol–water partition coefficient (Wildman–Crippen LogP) is 3.60. The molecule has 0 saturated heterocycles. The molecule has 0 aliphatic heterocycles. The van der Waals surface area contributed by atoms with Crippen LogP contribution in [0.2, 0.25) is 0 Å². The summed E-state index contributed by atoms with van der Waals surface area (Å²) in [6, 6.07) is 5.01. The summed E-state index contributed by atoms with van der Waals surface area (Å²) in [5, 5.41) is 3.43. The number of benzene rings is 1. The first-order valence-electron chi connectivity index (χ1n) is 6.80. The summed E-state index contributed by atoms with van der Waals surface area (Å²) in [5.41, 5.74) is 1.46. The fourth-order valence-electron chi connectivity index (χ4n) is 2.55. The van der Waals surface area contributed by atoms with Gasteiger partial charge in [0.15, 0.2) is 0 Å². The molecule has 19 heavy (non-hydrogen) atoms. The molecule has 0 atom stereocenters. The van der Waals surface area contributed by atoms with Crippen LogP contribution in [0.25, 0.3) is 11.0 Å². The molecule has 1 aromatic carbocycles. The highest BCUT2D eigenvalue weighted by Crippen LogP contribution is 2.28. The van der Waals surface area contributed by atoms with Crippen molar-refractivity contribution >= 4 is 11.0 Å². The Morgan fingerprint density at radius 1 is 1.37 bits per heavy atom. The second-order valence-corrected chi connectivity index (χ2v) is 5.69. The van der Waals surface area contributed by atoms with Crippen molar-refractivity contribution in [3.63, 3.8) is 0 Å². The lowest BCUT2D eigenvalue weighted by molar-refractivity contribution is 0.367. The average molecular weight is 263 g/mol. The number of halogens is 1. The van der Waals surface area contributed by atoms with Gasteiger partial charge in [-0.15, -0.1) is 0 Å².